The molecule has 3 nitrogen and oxygen atoms in total. The Morgan fingerprint density at radius 3 is 2.50 bits per heavy atom. The molecule has 62 valence electrons. The van der Waals surface area contributed by atoms with Crippen LogP contribution in [0.3, 0.4) is 0 Å². The van der Waals surface area contributed by atoms with Crippen LogP contribution < -0.4 is 0 Å². The van der Waals surface area contributed by atoms with Crippen LogP contribution in [0.4, 0.5) is 0 Å². The van der Waals surface area contributed by atoms with E-state index in [0.29, 0.717) is 0 Å². The third-order valence-corrected chi connectivity index (χ3v) is 1.71. The van der Waals surface area contributed by atoms with Gasteiger partial charge in [-0.05, 0) is 12.8 Å². The average Bonchev–Trinajstić information content (AvgIpc) is 1.86. The van der Waals surface area contributed by atoms with E-state index in [-0.39, 0.29) is 6.10 Å². The first-order valence-electron chi connectivity index (χ1n) is 3.47. The van der Waals surface area contributed by atoms with Crippen molar-refractivity contribution in [1.29, 1.82) is 0 Å². The van der Waals surface area contributed by atoms with Crippen LogP contribution in [0, 0.1) is 0 Å². The van der Waals surface area contributed by atoms with Crippen molar-refractivity contribution in [3.05, 3.63) is 0 Å². The molecule has 0 fully saturated rings. The summed E-state index contributed by atoms with van der Waals surface area (Å²) in [5.41, 5.74) is 0. The number of rotatable bonds is 5. The lowest BCUT2D eigenvalue weighted by molar-refractivity contribution is 0.186. The summed E-state index contributed by atoms with van der Waals surface area (Å²) in [6.45, 7) is 3.91. The van der Waals surface area contributed by atoms with Gasteiger partial charge in [0.05, 0.1) is 17.5 Å². The highest BCUT2D eigenvalue weighted by atomic mass is 32.2. The predicted octanol–water partition coefficient (Wildman–Crippen LogP) is 1.38. The first-order valence-corrected chi connectivity index (χ1v) is 4.47. The van der Waals surface area contributed by atoms with Crippen molar-refractivity contribution in [3.63, 3.8) is 0 Å². The maximum absolute atomic E-state index is 10.0. The van der Waals surface area contributed by atoms with E-state index in [2.05, 4.69) is 4.18 Å². The molecule has 4 heteroatoms. The zero-order valence-electron chi connectivity index (χ0n) is 6.33. The zero-order valence-corrected chi connectivity index (χ0v) is 7.15. The van der Waals surface area contributed by atoms with E-state index in [9.17, 15) is 8.76 Å². The molecule has 0 aromatic rings. The van der Waals surface area contributed by atoms with Crippen LogP contribution in [-0.2, 0) is 15.5 Å². The minimum absolute atomic E-state index is 0.122. The predicted molar refractivity (Wildman–Crippen MR) is 39.0 cm³/mol. The summed E-state index contributed by atoms with van der Waals surface area (Å²) in [6, 6.07) is 0. The minimum Gasteiger partial charge on any atom is -0.750 e. The lowest BCUT2D eigenvalue weighted by Crippen LogP contribution is -2.12. The fourth-order valence-electron chi connectivity index (χ4n) is 0.753. The van der Waals surface area contributed by atoms with Gasteiger partial charge >= 0.3 is 0 Å². The second kappa shape index (κ2) is 5.82. The summed E-state index contributed by atoms with van der Waals surface area (Å²) in [4.78, 5) is 0. The SMILES string of the molecule is CCCC(CC)OS(=O)[O-]. The third kappa shape index (κ3) is 4.90. The monoisotopic (exact) mass is 165 g/mol. The van der Waals surface area contributed by atoms with Gasteiger partial charge in [-0.15, -0.1) is 0 Å². The Hall–Kier alpha value is 0.0700. The summed E-state index contributed by atoms with van der Waals surface area (Å²) in [5.74, 6) is 0. The first kappa shape index (κ1) is 10.1. The second-order valence-corrected chi connectivity index (χ2v) is 2.72. The molecule has 0 rings (SSSR count). The molecule has 2 atom stereocenters. The third-order valence-electron chi connectivity index (χ3n) is 1.28. The minimum atomic E-state index is -2.35. The molecule has 0 aromatic heterocycles. The van der Waals surface area contributed by atoms with Crippen LogP contribution in [0.15, 0.2) is 0 Å². The van der Waals surface area contributed by atoms with Crippen LogP contribution >= 0.6 is 0 Å². The maximum Gasteiger partial charge on any atom is 0.0844 e. The molecule has 0 bridgehead atoms. The van der Waals surface area contributed by atoms with Crippen LogP contribution in [0.2, 0.25) is 0 Å². The molecule has 0 spiro atoms. The van der Waals surface area contributed by atoms with Crippen molar-refractivity contribution in [2.45, 2.75) is 39.2 Å². The van der Waals surface area contributed by atoms with E-state index < -0.39 is 11.4 Å². The van der Waals surface area contributed by atoms with Crippen LogP contribution in [-0.4, -0.2) is 14.9 Å². The average molecular weight is 165 g/mol. The van der Waals surface area contributed by atoms with Gasteiger partial charge in [0.1, 0.15) is 0 Å². The van der Waals surface area contributed by atoms with Crippen molar-refractivity contribution in [2.75, 3.05) is 0 Å². The zero-order chi connectivity index (χ0) is 7.98. The molecule has 0 radical (unpaired) electrons. The Labute approximate surface area is 64.3 Å². The molecule has 0 aromatic carbocycles. The molecule has 0 saturated heterocycles. The van der Waals surface area contributed by atoms with Crippen molar-refractivity contribution in [1.82, 2.24) is 0 Å². The Balaban J connectivity index is 3.49. The molecular formula is C6H13O3S-. The van der Waals surface area contributed by atoms with Crippen molar-refractivity contribution >= 4 is 11.4 Å². The van der Waals surface area contributed by atoms with Gasteiger partial charge in [-0.25, -0.2) is 4.21 Å². The molecule has 0 saturated carbocycles. The maximum atomic E-state index is 10.0. The summed E-state index contributed by atoms with van der Waals surface area (Å²) in [5, 5.41) is 0. The Bertz CT molecular complexity index is 105. The molecule has 0 aliphatic carbocycles. The fourth-order valence-corrected chi connectivity index (χ4v) is 1.21. The smallest absolute Gasteiger partial charge is 0.0844 e. The molecular weight excluding hydrogens is 152 g/mol. The van der Waals surface area contributed by atoms with E-state index >= 15 is 0 Å². The Kier molecular flexibility index (Phi) is 5.87. The van der Waals surface area contributed by atoms with Crippen LogP contribution in [0.1, 0.15) is 33.1 Å². The van der Waals surface area contributed by atoms with Gasteiger partial charge < -0.3 is 4.55 Å². The van der Waals surface area contributed by atoms with Gasteiger partial charge in [-0.2, -0.15) is 0 Å². The van der Waals surface area contributed by atoms with Gasteiger partial charge in [0.2, 0.25) is 0 Å². The molecule has 0 amide bonds. The second-order valence-electron chi connectivity index (χ2n) is 2.12. The summed E-state index contributed by atoms with van der Waals surface area (Å²) in [7, 11) is 0. The van der Waals surface area contributed by atoms with Gasteiger partial charge in [-0.3, -0.25) is 4.18 Å². The van der Waals surface area contributed by atoms with E-state index in [0.717, 1.165) is 19.3 Å². The van der Waals surface area contributed by atoms with E-state index in [4.69, 9.17) is 0 Å². The Morgan fingerprint density at radius 1 is 1.60 bits per heavy atom. The lowest BCUT2D eigenvalue weighted by atomic mass is 10.2. The highest BCUT2D eigenvalue weighted by Gasteiger charge is 2.03. The Morgan fingerprint density at radius 2 is 2.20 bits per heavy atom. The number of hydrogen-bond acceptors (Lipinski definition) is 3. The van der Waals surface area contributed by atoms with Gasteiger partial charge in [0, 0.05) is 0 Å². The van der Waals surface area contributed by atoms with E-state index in [1.807, 2.05) is 13.8 Å². The highest BCUT2D eigenvalue weighted by molar-refractivity contribution is 7.74. The fraction of sp³-hybridized carbons (Fsp3) is 1.00. The molecule has 0 heterocycles. The number of hydrogen-bond donors (Lipinski definition) is 0. The van der Waals surface area contributed by atoms with Crippen molar-refractivity contribution < 1.29 is 12.9 Å². The van der Waals surface area contributed by atoms with E-state index in [1.54, 1.807) is 0 Å². The van der Waals surface area contributed by atoms with Crippen molar-refractivity contribution in [2.24, 2.45) is 0 Å². The first-order chi connectivity index (χ1) is 4.70. The highest BCUT2D eigenvalue weighted by Crippen LogP contribution is 2.06. The van der Waals surface area contributed by atoms with E-state index in [1.165, 1.54) is 0 Å². The molecule has 0 aliphatic rings. The van der Waals surface area contributed by atoms with Crippen LogP contribution in [0.5, 0.6) is 0 Å². The molecule has 0 N–H and O–H groups in total. The molecule has 0 aliphatic heterocycles. The molecule has 10 heavy (non-hydrogen) atoms. The van der Waals surface area contributed by atoms with Crippen molar-refractivity contribution in [3.8, 4) is 0 Å². The van der Waals surface area contributed by atoms with Gasteiger partial charge in [0.15, 0.2) is 0 Å². The summed E-state index contributed by atoms with van der Waals surface area (Å²) in [6.07, 6.45) is 2.39. The topological polar surface area (TPSA) is 49.4 Å². The molecule has 2 unspecified atom stereocenters. The summed E-state index contributed by atoms with van der Waals surface area (Å²) >= 11 is -2.35. The quantitative estimate of drug-likeness (QED) is 0.578. The lowest BCUT2D eigenvalue weighted by Gasteiger charge is -2.15. The van der Waals surface area contributed by atoms with Crippen LogP contribution in [0.25, 0.3) is 0 Å². The van der Waals surface area contributed by atoms with Gasteiger partial charge in [-0.1, -0.05) is 20.3 Å². The largest absolute Gasteiger partial charge is 0.750 e. The summed E-state index contributed by atoms with van der Waals surface area (Å²) < 4.78 is 24.6. The normalized spacial score (nSPS) is 16.7. The van der Waals surface area contributed by atoms with Gasteiger partial charge in [0.25, 0.3) is 0 Å². The standard InChI is InChI=1S/C6H14O3S/c1-3-5-6(4-2)9-10(7)8/h6H,3-5H2,1-2H3,(H,7,8)/p-1.